The molecule has 1 saturated carbocycles. The second kappa shape index (κ2) is 8.29. The molecule has 1 fully saturated rings. The zero-order valence-corrected chi connectivity index (χ0v) is 13.9. The standard InChI is InChI=1S/C18H27FN2O2/c1-12(2)17(10-13-3-6-15(19)7-4-13)21-18(23)20-11-14-5-8-16(22)9-14/h3-4,6-7,12,14,16-17,22H,5,8-11H2,1-2H3,(H2,20,21,23)/t14-,16-,17+/m1/s1. The van der Waals surface area contributed by atoms with E-state index >= 15 is 0 Å². The summed E-state index contributed by atoms with van der Waals surface area (Å²) < 4.78 is 13.0. The van der Waals surface area contributed by atoms with Crippen molar-refractivity contribution >= 4 is 6.03 Å². The Bertz CT molecular complexity index is 504. The van der Waals surface area contributed by atoms with Crippen LogP contribution in [-0.4, -0.2) is 29.8 Å². The summed E-state index contributed by atoms with van der Waals surface area (Å²) in [6.45, 7) is 4.72. The van der Waals surface area contributed by atoms with Gasteiger partial charge in [0, 0.05) is 12.6 Å². The van der Waals surface area contributed by atoms with Crippen molar-refractivity contribution in [1.29, 1.82) is 0 Å². The third-order valence-corrected chi connectivity index (χ3v) is 4.55. The van der Waals surface area contributed by atoms with Crippen LogP contribution < -0.4 is 10.6 Å². The van der Waals surface area contributed by atoms with Crippen LogP contribution in [0, 0.1) is 17.7 Å². The Morgan fingerprint density at radius 1 is 1.30 bits per heavy atom. The van der Waals surface area contributed by atoms with Gasteiger partial charge in [-0.15, -0.1) is 0 Å². The van der Waals surface area contributed by atoms with Crippen molar-refractivity contribution in [3.63, 3.8) is 0 Å². The van der Waals surface area contributed by atoms with Gasteiger partial charge in [-0.1, -0.05) is 26.0 Å². The molecule has 3 N–H and O–H groups in total. The van der Waals surface area contributed by atoms with E-state index in [1.165, 1.54) is 12.1 Å². The summed E-state index contributed by atoms with van der Waals surface area (Å²) >= 11 is 0. The zero-order valence-electron chi connectivity index (χ0n) is 13.9. The minimum absolute atomic E-state index is 0.00497. The monoisotopic (exact) mass is 322 g/mol. The van der Waals surface area contributed by atoms with Gasteiger partial charge in [-0.3, -0.25) is 0 Å². The first-order valence-electron chi connectivity index (χ1n) is 8.41. The van der Waals surface area contributed by atoms with Gasteiger partial charge in [-0.25, -0.2) is 9.18 Å². The highest BCUT2D eigenvalue weighted by atomic mass is 19.1. The number of aliphatic hydroxyl groups is 1. The predicted octanol–water partition coefficient (Wildman–Crippen LogP) is 2.85. The van der Waals surface area contributed by atoms with E-state index in [1.54, 1.807) is 12.1 Å². The number of benzene rings is 1. The highest BCUT2D eigenvalue weighted by Crippen LogP contribution is 2.24. The van der Waals surface area contributed by atoms with E-state index in [0.717, 1.165) is 24.8 Å². The second-order valence-corrected chi connectivity index (χ2v) is 6.87. The number of nitrogens with one attached hydrogen (secondary N) is 2. The molecule has 1 aromatic rings. The van der Waals surface area contributed by atoms with Gasteiger partial charge in [-0.05, 0) is 55.2 Å². The van der Waals surface area contributed by atoms with Crippen molar-refractivity contribution in [3.05, 3.63) is 35.6 Å². The molecule has 1 aliphatic carbocycles. The van der Waals surface area contributed by atoms with Gasteiger partial charge in [-0.2, -0.15) is 0 Å². The summed E-state index contributed by atoms with van der Waals surface area (Å²) in [6, 6.07) is 6.21. The molecule has 1 aliphatic rings. The number of amides is 2. The fraction of sp³-hybridized carbons (Fsp3) is 0.611. The largest absolute Gasteiger partial charge is 0.393 e. The number of carbonyl (C=O) groups is 1. The second-order valence-electron chi connectivity index (χ2n) is 6.87. The van der Waals surface area contributed by atoms with Crippen LogP contribution in [0.1, 0.15) is 38.7 Å². The lowest BCUT2D eigenvalue weighted by atomic mass is 9.96. The van der Waals surface area contributed by atoms with Crippen molar-refractivity contribution < 1.29 is 14.3 Å². The van der Waals surface area contributed by atoms with Crippen molar-refractivity contribution in [3.8, 4) is 0 Å². The van der Waals surface area contributed by atoms with Crippen LogP contribution in [0.5, 0.6) is 0 Å². The molecule has 0 heterocycles. The van der Waals surface area contributed by atoms with Gasteiger partial charge >= 0.3 is 6.03 Å². The van der Waals surface area contributed by atoms with E-state index in [1.807, 2.05) is 0 Å². The molecule has 128 valence electrons. The van der Waals surface area contributed by atoms with Crippen LogP contribution in [-0.2, 0) is 6.42 Å². The minimum Gasteiger partial charge on any atom is -0.393 e. The first-order chi connectivity index (χ1) is 10.9. The summed E-state index contributed by atoms with van der Waals surface area (Å²) in [7, 11) is 0. The third-order valence-electron chi connectivity index (χ3n) is 4.55. The lowest BCUT2D eigenvalue weighted by molar-refractivity contribution is 0.177. The summed E-state index contributed by atoms with van der Waals surface area (Å²) in [4.78, 5) is 12.1. The van der Waals surface area contributed by atoms with Crippen LogP contribution in [0.4, 0.5) is 9.18 Å². The summed E-state index contributed by atoms with van der Waals surface area (Å²) in [5, 5.41) is 15.4. The van der Waals surface area contributed by atoms with Crippen molar-refractivity contribution in [2.75, 3.05) is 6.54 Å². The summed E-state index contributed by atoms with van der Waals surface area (Å²) in [5.41, 5.74) is 1.00. The number of rotatable bonds is 6. The quantitative estimate of drug-likeness (QED) is 0.754. The molecule has 1 aromatic carbocycles. The Kier molecular flexibility index (Phi) is 6.39. The average Bonchev–Trinajstić information content (AvgIpc) is 2.92. The molecule has 3 atom stereocenters. The highest BCUT2D eigenvalue weighted by molar-refractivity contribution is 5.74. The first-order valence-corrected chi connectivity index (χ1v) is 8.41. The molecule has 0 saturated heterocycles. The topological polar surface area (TPSA) is 61.4 Å². The maximum atomic E-state index is 13.0. The van der Waals surface area contributed by atoms with Crippen LogP contribution >= 0.6 is 0 Å². The fourth-order valence-electron chi connectivity index (χ4n) is 3.02. The van der Waals surface area contributed by atoms with Gasteiger partial charge in [0.1, 0.15) is 5.82 Å². The van der Waals surface area contributed by atoms with Crippen molar-refractivity contribution in [1.82, 2.24) is 10.6 Å². The van der Waals surface area contributed by atoms with Crippen LogP contribution in [0.25, 0.3) is 0 Å². The molecule has 0 unspecified atom stereocenters. The van der Waals surface area contributed by atoms with Crippen LogP contribution in [0.3, 0.4) is 0 Å². The molecular weight excluding hydrogens is 295 g/mol. The Morgan fingerprint density at radius 2 is 2.00 bits per heavy atom. The maximum Gasteiger partial charge on any atom is 0.315 e. The lowest BCUT2D eigenvalue weighted by Crippen LogP contribution is -2.46. The lowest BCUT2D eigenvalue weighted by Gasteiger charge is -2.23. The van der Waals surface area contributed by atoms with Crippen LogP contribution in [0.2, 0.25) is 0 Å². The average molecular weight is 322 g/mol. The minimum atomic E-state index is -0.251. The maximum absolute atomic E-state index is 13.0. The van der Waals surface area contributed by atoms with Gasteiger partial charge in [0.2, 0.25) is 0 Å². The number of aliphatic hydroxyl groups excluding tert-OH is 1. The summed E-state index contributed by atoms with van der Waals surface area (Å²) in [6.07, 6.45) is 3.01. The number of urea groups is 1. The molecule has 2 rings (SSSR count). The molecule has 5 heteroatoms. The molecule has 0 aliphatic heterocycles. The van der Waals surface area contributed by atoms with Crippen LogP contribution in [0.15, 0.2) is 24.3 Å². The number of hydrogen-bond acceptors (Lipinski definition) is 2. The molecule has 0 aromatic heterocycles. The third kappa shape index (κ3) is 5.82. The van der Waals surface area contributed by atoms with E-state index in [9.17, 15) is 14.3 Å². The molecule has 23 heavy (non-hydrogen) atoms. The molecule has 0 radical (unpaired) electrons. The molecule has 0 spiro atoms. The van der Waals surface area contributed by atoms with E-state index in [4.69, 9.17) is 0 Å². The van der Waals surface area contributed by atoms with Gasteiger partial charge < -0.3 is 15.7 Å². The van der Waals surface area contributed by atoms with Gasteiger partial charge in [0.15, 0.2) is 0 Å². The Balaban J connectivity index is 1.81. The Labute approximate surface area is 137 Å². The normalized spacial score (nSPS) is 22.1. The van der Waals surface area contributed by atoms with E-state index in [2.05, 4.69) is 24.5 Å². The molecular formula is C18H27FN2O2. The van der Waals surface area contributed by atoms with E-state index < -0.39 is 0 Å². The first kappa shape index (κ1) is 17.7. The fourth-order valence-corrected chi connectivity index (χ4v) is 3.02. The highest BCUT2D eigenvalue weighted by Gasteiger charge is 2.23. The number of halogens is 1. The Hall–Kier alpha value is -1.62. The SMILES string of the molecule is CC(C)[C@H](Cc1ccc(F)cc1)NC(=O)NC[C@@H]1CC[C@@H](O)C1. The molecule has 2 amide bonds. The molecule has 4 nitrogen and oxygen atoms in total. The smallest absolute Gasteiger partial charge is 0.315 e. The van der Waals surface area contributed by atoms with Gasteiger partial charge in [0.25, 0.3) is 0 Å². The van der Waals surface area contributed by atoms with Gasteiger partial charge in [0.05, 0.1) is 6.10 Å². The van der Waals surface area contributed by atoms with E-state index in [0.29, 0.717) is 18.9 Å². The summed E-state index contributed by atoms with van der Waals surface area (Å²) in [5.74, 6) is 0.392. The van der Waals surface area contributed by atoms with Crippen molar-refractivity contribution in [2.45, 2.75) is 51.7 Å². The molecule has 0 bridgehead atoms. The number of carbonyl (C=O) groups excluding carboxylic acids is 1. The zero-order chi connectivity index (χ0) is 16.8. The van der Waals surface area contributed by atoms with E-state index in [-0.39, 0.29) is 29.9 Å². The van der Waals surface area contributed by atoms with Crippen molar-refractivity contribution in [2.24, 2.45) is 11.8 Å². The number of hydrogen-bond donors (Lipinski definition) is 3. The Morgan fingerprint density at radius 3 is 2.57 bits per heavy atom. The predicted molar refractivity (Wildman–Crippen MR) is 88.6 cm³/mol.